The fraction of sp³-hybridized carbons (Fsp3) is 0.273. The van der Waals surface area contributed by atoms with Crippen LogP contribution in [0.4, 0.5) is 0 Å². The zero-order chi connectivity index (χ0) is 11.5. The van der Waals surface area contributed by atoms with Gasteiger partial charge in [0.25, 0.3) is 0 Å². The molecule has 0 unspecified atom stereocenters. The fourth-order valence-electron chi connectivity index (χ4n) is 1.80. The maximum Gasteiger partial charge on any atom is 0.184 e. The molecule has 0 heterocycles. The van der Waals surface area contributed by atoms with Crippen LogP contribution in [0, 0.1) is 0 Å². The maximum absolute atomic E-state index is 5.34. The van der Waals surface area contributed by atoms with Gasteiger partial charge in [-0.3, -0.25) is 5.43 Å². The van der Waals surface area contributed by atoms with Crippen molar-refractivity contribution in [1.29, 1.82) is 0 Å². The van der Waals surface area contributed by atoms with E-state index in [2.05, 4.69) is 16.6 Å². The number of hydrazone groups is 1. The lowest BCUT2D eigenvalue weighted by Gasteiger charge is -2.04. The lowest BCUT2D eigenvalue weighted by atomic mass is 10.1. The molecule has 0 saturated carbocycles. The summed E-state index contributed by atoms with van der Waals surface area (Å²) >= 11 is 4.71. The summed E-state index contributed by atoms with van der Waals surface area (Å²) in [6.07, 6.45) is 1.90. The second-order valence-electron chi connectivity index (χ2n) is 3.56. The van der Waals surface area contributed by atoms with Crippen molar-refractivity contribution in [3.63, 3.8) is 0 Å². The number of rotatable bonds is 2. The van der Waals surface area contributed by atoms with Gasteiger partial charge in [-0.15, -0.1) is 0 Å². The third-order valence-electron chi connectivity index (χ3n) is 2.56. The number of hydrogen-bond donors (Lipinski definition) is 2. The van der Waals surface area contributed by atoms with Crippen molar-refractivity contribution >= 4 is 23.0 Å². The Balaban J connectivity index is 2.30. The molecule has 0 bridgehead atoms. The molecular formula is C11H13N3OS. The van der Waals surface area contributed by atoms with Crippen molar-refractivity contribution in [3.8, 4) is 5.75 Å². The molecule has 3 N–H and O–H groups in total. The summed E-state index contributed by atoms with van der Waals surface area (Å²) in [6.45, 7) is 0. The van der Waals surface area contributed by atoms with E-state index in [1.165, 1.54) is 5.56 Å². The molecule has 5 heteroatoms. The van der Waals surface area contributed by atoms with Crippen LogP contribution in [0.5, 0.6) is 5.75 Å². The standard InChI is InChI=1S/C11H13N3OS/c1-15-8-4-2-7-3-5-10(9(7)6-8)13-14-11(12)16/h2,4,6H,3,5H2,1H3,(H3,12,14,16)/b13-10+. The highest BCUT2D eigenvalue weighted by molar-refractivity contribution is 7.80. The summed E-state index contributed by atoms with van der Waals surface area (Å²) in [7, 11) is 1.65. The predicted molar refractivity (Wildman–Crippen MR) is 67.8 cm³/mol. The Kier molecular flexibility index (Phi) is 3.05. The summed E-state index contributed by atoms with van der Waals surface area (Å²) in [4.78, 5) is 0. The van der Waals surface area contributed by atoms with Crippen molar-refractivity contribution in [1.82, 2.24) is 5.43 Å². The van der Waals surface area contributed by atoms with Gasteiger partial charge in [0.2, 0.25) is 0 Å². The van der Waals surface area contributed by atoms with Gasteiger partial charge in [0.1, 0.15) is 5.75 Å². The zero-order valence-corrected chi connectivity index (χ0v) is 9.80. The normalized spacial score (nSPS) is 15.9. The van der Waals surface area contributed by atoms with Crippen molar-refractivity contribution in [3.05, 3.63) is 29.3 Å². The molecule has 2 rings (SSSR count). The van der Waals surface area contributed by atoms with Crippen molar-refractivity contribution in [2.45, 2.75) is 12.8 Å². The van der Waals surface area contributed by atoms with Gasteiger partial charge in [-0.05, 0) is 42.8 Å². The lowest BCUT2D eigenvalue weighted by molar-refractivity contribution is 0.414. The van der Waals surface area contributed by atoms with Gasteiger partial charge in [-0.25, -0.2) is 0 Å². The summed E-state index contributed by atoms with van der Waals surface area (Å²) in [5.41, 5.74) is 11.3. The highest BCUT2D eigenvalue weighted by atomic mass is 32.1. The zero-order valence-electron chi connectivity index (χ0n) is 8.99. The van der Waals surface area contributed by atoms with E-state index in [4.69, 9.17) is 22.7 Å². The van der Waals surface area contributed by atoms with Crippen LogP contribution in [0.2, 0.25) is 0 Å². The van der Waals surface area contributed by atoms with Crippen LogP contribution in [-0.4, -0.2) is 17.9 Å². The number of thiocarbonyl (C=S) groups is 1. The first-order valence-corrected chi connectivity index (χ1v) is 5.41. The Bertz CT molecular complexity index is 457. The summed E-state index contributed by atoms with van der Waals surface area (Å²) in [5.74, 6) is 0.837. The first-order chi connectivity index (χ1) is 7.70. The summed E-state index contributed by atoms with van der Waals surface area (Å²) in [6, 6.07) is 6.02. The quantitative estimate of drug-likeness (QED) is 0.597. The van der Waals surface area contributed by atoms with Gasteiger partial charge < -0.3 is 10.5 Å². The number of aryl methyl sites for hydroxylation is 1. The largest absolute Gasteiger partial charge is 0.497 e. The average molecular weight is 235 g/mol. The van der Waals surface area contributed by atoms with E-state index in [0.29, 0.717) is 0 Å². The van der Waals surface area contributed by atoms with Crippen molar-refractivity contribution < 1.29 is 4.74 Å². The monoisotopic (exact) mass is 235 g/mol. The molecule has 4 nitrogen and oxygen atoms in total. The van der Waals surface area contributed by atoms with Crippen LogP contribution in [0.25, 0.3) is 0 Å². The van der Waals surface area contributed by atoms with Gasteiger partial charge in [0.15, 0.2) is 5.11 Å². The smallest absolute Gasteiger partial charge is 0.184 e. The Morgan fingerprint density at radius 1 is 1.50 bits per heavy atom. The Hall–Kier alpha value is -1.62. The number of hydrogen-bond acceptors (Lipinski definition) is 3. The molecule has 1 aromatic rings. The van der Waals surface area contributed by atoms with Gasteiger partial charge in [0, 0.05) is 5.56 Å². The molecule has 0 radical (unpaired) electrons. The summed E-state index contributed by atoms with van der Waals surface area (Å²) in [5, 5.41) is 4.37. The van der Waals surface area contributed by atoms with Crippen LogP contribution < -0.4 is 15.9 Å². The predicted octanol–water partition coefficient (Wildman–Crippen LogP) is 1.18. The molecule has 0 amide bonds. The fourth-order valence-corrected chi connectivity index (χ4v) is 1.84. The first-order valence-electron chi connectivity index (χ1n) is 5.00. The second-order valence-corrected chi connectivity index (χ2v) is 4.00. The van der Waals surface area contributed by atoms with Crippen LogP contribution in [0.1, 0.15) is 17.5 Å². The topological polar surface area (TPSA) is 59.6 Å². The minimum atomic E-state index is 0.184. The average Bonchev–Trinajstić information content (AvgIpc) is 2.68. The number of methoxy groups -OCH3 is 1. The molecule has 0 aliphatic heterocycles. The highest BCUT2D eigenvalue weighted by Crippen LogP contribution is 2.26. The van der Waals surface area contributed by atoms with E-state index in [-0.39, 0.29) is 5.11 Å². The van der Waals surface area contributed by atoms with Crippen LogP contribution in [0.15, 0.2) is 23.3 Å². The molecule has 0 saturated heterocycles. The number of fused-ring (bicyclic) bond motifs is 1. The summed E-state index contributed by atoms with van der Waals surface area (Å²) < 4.78 is 5.19. The third-order valence-corrected chi connectivity index (χ3v) is 2.65. The minimum Gasteiger partial charge on any atom is -0.497 e. The van der Waals surface area contributed by atoms with E-state index in [1.54, 1.807) is 7.11 Å². The van der Waals surface area contributed by atoms with Gasteiger partial charge in [-0.1, -0.05) is 6.07 Å². The number of ether oxygens (including phenoxy) is 1. The lowest BCUT2D eigenvalue weighted by Crippen LogP contribution is -2.25. The van der Waals surface area contributed by atoms with E-state index >= 15 is 0 Å². The van der Waals surface area contributed by atoms with Gasteiger partial charge in [-0.2, -0.15) is 5.10 Å². The molecule has 16 heavy (non-hydrogen) atoms. The number of nitrogens with zero attached hydrogens (tertiary/aromatic N) is 1. The molecule has 1 aliphatic carbocycles. The van der Waals surface area contributed by atoms with Gasteiger partial charge in [0.05, 0.1) is 12.8 Å². The molecule has 0 aromatic heterocycles. The van der Waals surface area contributed by atoms with E-state index < -0.39 is 0 Å². The van der Waals surface area contributed by atoms with Crippen molar-refractivity contribution in [2.75, 3.05) is 7.11 Å². The SMILES string of the molecule is COc1ccc2c(c1)/C(=N/NC(N)=S)CC2. The van der Waals surface area contributed by atoms with Crippen LogP contribution in [-0.2, 0) is 6.42 Å². The molecule has 1 aromatic carbocycles. The number of benzene rings is 1. The molecule has 0 spiro atoms. The molecule has 0 atom stereocenters. The van der Waals surface area contributed by atoms with Crippen LogP contribution >= 0.6 is 12.2 Å². The number of nitrogens with two attached hydrogens (primary N) is 1. The Labute approximate surface area is 99.5 Å². The van der Waals surface area contributed by atoms with Crippen LogP contribution in [0.3, 0.4) is 0 Å². The van der Waals surface area contributed by atoms with Gasteiger partial charge >= 0.3 is 0 Å². The minimum absolute atomic E-state index is 0.184. The van der Waals surface area contributed by atoms with E-state index in [0.717, 1.165) is 29.9 Å². The highest BCUT2D eigenvalue weighted by Gasteiger charge is 2.18. The Morgan fingerprint density at radius 3 is 3.00 bits per heavy atom. The second kappa shape index (κ2) is 4.49. The third kappa shape index (κ3) is 2.14. The van der Waals surface area contributed by atoms with Crippen molar-refractivity contribution in [2.24, 2.45) is 10.8 Å². The number of nitrogens with one attached hydrogen (secondary N) is 1. The molecule has 84 valence electrons. The Morgan fingerprint density at radius 2 is 2.31 bits per heavy atom. The molecule has 1 aliphatic rings. The van der Waals surface area contributed by atoms with E-state index in [9.17, 15) is 0 Å². The first kappa shape index (κ1) is 10.9. The van der Waals surface area contributed by atoms with E-state index in [1.807, 2.05) is 12.1 Å². The molecular weight excluding hydrogens is 222 g/mol. The molecule has 0 fully saturated rings. The maximum atomic E-state index is 5.34.